The Hall–Kier alpha value is -1.26. The molecule has 2 aliphatic rings. The molecule has 1 aromatic rings. The van der Waals surface area contributed by atoms with Gasteiger partial charge in [-0.1, -0.05) is 23.7 Å². The standard InChI is InChI=1S/C15H19ClN2O2/c1-20-12-8-10-6-7-11(9-12)18(10)15(19)17-14-5-3-2-4-13(14)16/h2-5,10-12H,6-9H2,1H3,(H,17,19). The van der Waals surface area contributed by atoms with Gasteiger partial charge in [0.15, 0.2) is 0 Å². The molecule has 20 heavy (non-hydrogen) atoms. The molecule has 2 aliphatic heterocycles. The van der Waals surface area contributed by atoms with E-state index in [-0.39, 0.29) is 12.1 Å². The fourth-order valence-electron chi connectivity index (χ4n) is 3.39. The summed E-state index contributed by atoms with van der Waals surface area (Å²) in [4.78, 5) is 14.5. The van der Waals surface area contributed by atoms with E-state index in [4.69, 9.17) is 16.3 Å². The molecule has 0 spiro atoms. The quantitative estimate of drug-likeness (QED) is 0.907. The van der Waals surface area contributed by atoms with Crippen LogP contribution in [0.15, 0.2) is 24.3 Å². The molecule has 3 rings (SSSR count). The number of ether oxygens (including phenoxy) is 1. The van der Waals surface area contributed by atoms with Crippen LogP contribution in [-0.2, 0) is 4.74 Å². The highest BCUT2D eigenvalue weighted by atomic mass is 35.5. The molecule has 108 valence electrons. The van der Waals surface area contributed by atoms with E-state index in [0.717, 1.165) is 25.7 Å². The zero-order valence-electron chi connectivity index (χ0n) is 11.5. The van der Waals surface area contributed by atoms with Crippen LogP contribution in [0.4, 0.5) is 10.5 Å². The van der Waals surface area contributed by atoms with Crippen LogP contribution in [0.25, 0.3) is 0 Å². The Labute approximate surface area is 124 Å². The number of anilines is 1. The number of para-hydroxylation sites is 1. The minimum absolute atomic E-state index is 0.0415. The monoisotopic (exact) mass is 294 g/mol. The molecule has 0 radical (unpaired) electrons. The number of nitrogens with zero attached hydrogens (tertiary/aromatic N) is 1. The van der Waals surface area contributed by atoms with E-state index in [1.807, 2.05) is 23.1 Å². The van der Waals surface area contributed by atoms with Gasteiger partial charge in [0, 0.05) is 19.2 Å². The third-order valence-electron chi connectivity index (χ3n) is 4.37. The number of benzene rings is 1. The Morgan fingerprint density at radius 2 is 1.95 bits per heavy atom. The SMILES string of the molecule is COC1CC2CCC(C1)N2C(=O)Nc1ccccc1Cl. The molecule has 2 fully saturated rings. The van der Waals surface area contributed by atoms with E-state index in [2.05, 4.69) is 5.32 Å². The van der Waals surface area contributed by atoms with E-state index in [1.54, 1.807) is 13.2 Å². The van der Waals surface area contributed by atoms with E-state index < -0.39 is 0 Å². The van der Waals surface area contributed by atoms with Crippen molar-refractivity contribution >= 4 is 23.3 Å². The Morgan fingerprint density at radius 3 is 2.55 bits per heavy atom. The van der Waals surface area contributed by atoms with Crippen molar-refractivity contribution in [1.82, 2.24) is 4.90 Å². The number of piperidine rings is 1. The summed E-state index contributed by atoms with van der Waals surface area (Å²) in [7, 11) is 1.75. The molecular formula is C15H19ClN2O2. The lowest BCUT2D eigenvalue weighted by Gasteiger charge is -2.38. The van der Waals surface area contributed by atoms with Gasteiger partial charge in [-0.15, -0.1) is 0 Å². The lowest BCUT2D eigenvalue weighted by atomic mass is 10.0. The third-order valence-corrected chi connectivity index (χ3v) is 4.70. The van der Waals surface area contributed by atoms with E-state index in [1.165, 1.54) is 0 Å². The molecule has 2 bridgehead atoms. The first kappa shape index (κ1) is 13.7. The first-order chi connectivity index (χ1) is 9.69. The van der Waals surface area contributed by atoms with Crippen molar-refractivity contribution in [3.05, 3.63) is 29.3 Å². The number of carbonyl (C=O) groups is 1. The van der Waals surface area contributed by atoms with Crippen molar-refractivity contribution in [1.29, 1.82) is 0 Å². The summed E-state index contributed by atoms with van der Waals surface area (Å²) in [5, 5.41) is 3.50. The maximum Gasteiger partial charge on any atom is 0.322 e. The highest BCUT2D eigenvalue weighted by Gasteiger charge is 2.43. The molecule has 1 N–H and O–H groups in total. The third kappa shape index (κ3) is 2.50. The maximum atomic E-state index is 12.5. The van der Waals surface area contributed by atoms with Gasteiger partial charge >= 0.3 is 6.03 Å². The Kier molecular flexibility index (Phi) is 3.85. The lowest BCUT2D eigenvalue weighted by Crippen LogP contribution is -2.50. The molecule has 2 atom stereocenters. The predicted octanol–water partition coefficient (Wildman–Crippen LogP) is 3.51. The zero-order chi connectivity index (χ0) is 14.1. The molecule has 2 unspecified atom stereocenters. The Morgan fingerprint density at radius 1 is 1.30 bits per heavy atom. The molecule has 2 heterocycles. The van der Waals surface area contributed by atoms with Gasteiger partial charge in [0.25, 0.3) is 0 Å². The van der Waals surface area contributed by atoms with Crippen LogP contribution in [0.1, 0.15) is 25.7 Å². The van der Waals surface area contributed by atoms with Crippen molar-refractivity contribution < 1.29 is 9.53 Å². The molecule has 2 saturated heterocycles. The smallest absolute Gasteiger partial charge is 0.322 e. The van der Waals surface area contributed by atoms with Crippen LogP contribution >= 0.6 is 11.6 Å². The van der Waals surface area contributed by atoms with Crippen LogP contribution in [0.5, 0.6) is 0 Å². The maximum absolute atomic E-state index is 12.5. The average Bonchev–Trinajstić information content (AvgIpc) is 2.72. The van der Waals surface area contributed by atoms with Crippen molar-refractivity contribution in [2.24, 2.45) is 0 Å². The van der Waals surface area contributed by atoms with Gasteiger partial charge in [0.2, 0.25) is 0 Å². The largest absolute Gasteiger partial charge is 0.381 e. The van der Waals surface area contributed by atoms with Crippen LogP contribution in [0, 0.1) is 0 Å². The topological polar surface area (TPSA) is 41.6 Å². The number of fused-ring (bicyclic) bond motifs is 2. The van der Waals surface area contributed by atoms with E-state index in [9.17, 15) is 4.79 Å². The normalized spacial score (nSPS) is 28.5. The van der Waals surface area contributed by atoms with E-state index in [0.29, 0.717) is 22.8 Å². The molecular weight excluding hydrogens is 276 g/mol. The van der Waals surface area contributed by atoms with Crippen LogP contribution in [0.3, 0.4) is 0 Å². The van der Waals surface area contributed by atoms with Crippen LogP contribution in [-0.4, -0.2) is 36.2 Å². The molecule has 4 nitrogen and oxygen atoms in total. The summed E-state index contributed by atoms with van der Waals surface area (Å²) < 4.78 is 5.46. The van der Waals surface area contributed by atoms with Gasteiger partial charge < -0.3 is 15.0 Å². The zero-order valence-corrected chi connectivity index (χ0v) is 12.3. The second-order valence-electron chi connectivity index (χ2n) is 5.53. The molecule has 0 saturated carbocycles. The van der Waals surface area contributed by atoms with Gasteiger partial charge in [-0.3, -0.25) is 0 Å². The number of urea groups is 1. The van der Waals surface area contributed by atoms with Crippen molar-refractivity contribution in [2.45, 2.75) is 43.9 Å². The van der Waals surface area contributed by atoms with Crippen LogP contribution < -0.4 is 5.32 Å². The summed E-state index contributed by atoms with van der Waals surface area (Å²) in [6.07, 6.45) is 4.30. The number of hydrogen-bond acceptors (Lipinski definition) is 2. The number of nitrogens with one attached hydrogen (secondary N) is 1. The summed E-state index contributed by atoms with van der Waals surface area (Å²) in [6, 6.07) is 7.87. The van der Waals surface area contributed by atoms with Gasteiger partial charge in [0.05, 0.1) is 16.8 Å². The number of halogens is 1. The summed E-state index contributed by atoms with van der Waals surface area (Å²) in [5.41, 5.74) is 0.674. The number of carbonyl (C=O) groups excluding carboxylic acids is 1. The molecule has 5 heteroatoms. The lowest BCUT2D eigenvalue weighted by molar-refractivity contribution is 0.0232. The van der Waals surface area contributed by atoms with Crippen LogP contribution in [0.2, 0.25) is 5.02 Å². The van der Waals surface area contributed by atoms with Crippen molar-refractivity contribution in [3.63, 3.8) is 0 Å². The Balaban J connectivity index is 1.71. The number of methoxy groups -OCH3 is 1. The molecule has 1 aromatic carbocycles. The summed E-state index contributed by atoms with van der Waals surface area (Å²) in [5.74, 6) is 0. The highest BCUT2D eigenvalue weighted by Crippen LogP contribution is 2.37. The summed E-state index contributed by atoms with van der Waals surface area (Å²) >= 11 is 6.09. The second-order valence-corrected chi connectivity index (χ2v) is 5.94. The fraction of sp³-hybridized carbons (Fsp3) is 0.533. The van der Waals surface area contributed by atoms with Crippen molar-refractivity contribution in [2.75, 3.05) is 12.4 Å². The fourth-order valence-corrected chi connectivity index (χ4v) is 3.58. The number of hydrogen-bond donors (Lipinski definition) is 1. The second kappa shape index (κ2) is 5.62. The molecule has 2 amide bonds. The molecule has 0 aromatic heterocycles. The number of rotatable bonds is 2. The number of amides is 2. The first-order valence-electron chi connectivity index (χ1n) is 7.05. The van der Waals surface area contributed by atoms with E-state index >= 15 is 0 Å². The average molecular weight is 295 g/mol. The molecule has 0 aliphatic carbocycles. The summed E-state index contributed by atoms with van der Waals surface area (Å²) in [6.45, 7) is 0. The van der Waals surface area contributed by atoms with Gasteiger partial charge in [0.1, 0.15) is 0 Å². The minimum Gasteiger partial charge on any atom is -0.381 e. The Bertz CT molecular complexity index is 494. The van der Waals surface area contributed by atoms with Gasteiger partial charge in [-0.05, 0) is 37.8 Å². The van der Waals surface area contributed by atoms with Gasteiger partial charge in [-0.2, -0.15) is 0 Å². The first-order valence-corrected chi connectivity index (χ1v) is 7.43. The van der Waals surface area contributed by atoms with Gasteiger partial charge in [-0.25, -0.2) is 4.79 Å². The minimum atomic E-state index is -0.0415. The predicted molar refractivity (Wildman–Crippen MR) is 79.2 cm³/mol. The van der Waals surface area contributed by atoms with Crippen molar-refractivity contribution in [3.8, 4) is 0 Å². The highest BCUT2D eigenvalue weighted by molar-refractivity contribution is 6.33.